The molecule has 1 aliphatic heterocycles. The molecular formula is C15H19N7O5. The lowest BCUT2D eigenvalue weighted by Crippen LogP contribution is -2.29. The standard InChI is InChI=1S/C15H19N7O5/c1-9(24)18-4-2-3-10-6-22(15(25)20-14(10)16)13-5-11(12(7-23)27-13)26-8-19-21-17/h6,11-13,23H,4-5,7-8H2,1H3,(H,18,24)(H2,16,20,25)/t11?,12-,13-/m1/s1. The fraction of sp³-hybridized carbons (Fsp3) is 0.533. The van der Waals surface area contributed by atoms with Gasteiger partial charge >= 0.3 is 5.69 Å². The molecule has 144 valence electrons. The van der Waals surface area contributed by atoms with Gasteiger partial charge in [0, 0.05) is 24.5 Å². The lowest BCUT2D eigenvalue weighted by molar-refractivity contribution is -0.118. The van der Waals surface area contributed by atoms with Crippen molar-refractivity contribution in [3.05, 3.63) is 32.7 Å². The van der Waals surface area contributed by atoms with Crippen LogP contribution in [0.2, 0.25) is 0 Å². The second-order valence-electron chi connectivity index (χ2n) is 5.55. The Morgan fingerprint density at radius 3 is 3.15 bits per heavy atom. The fourth-order valence-corrected chi connectivity index (χ4v) is 2.46. The molecule has 1 unspecified atom stereocenters. The second-order valence-corrected chi connectivity index (χ2v) is 5.55. The summed E-state index contributed by atoms with van der Waals surface area (Å²) in [5, 5.41) is 15.2. The number of carbonyl (C=O) groups is 1. The molecule has 2 heterocycles. The SMILES string of the molecule is CC(=O)NCC#Cc1cn([C@H]2CC(OCN=[N+]=[N-])[C@@H](CO)O2)c(=O)nc1N. The van der Waals surface area contributed by atoms with E-state index in [1.807, 2.05) is 0 Å². The molecule has 0 radical (unpaired) electrons. The smallest absolute Gasteiger partial charge is 0.351 e. The Bertz CT molecular complexity index is 852. The molecule has 1 saturated heterocycles. The summed E-state index contributed by atoms with van der Waals surface area (Å²) in [7, 11) is 0. The largest absolute Gasteiger partial charge is 0.394 e. The molecule has 2 rings (SSSR count). The minimum absolute atomic E-state index is 0.0422. The number of azide groups is 1. The van der Waals surface area contributed by atoms with Crippen LogP contribution in [0, 0.1) is 11.8 Å². The number of carbonyl (C=O) groups excluding carboxylic acids is 1. The van der Waals surface area contributed by atoms with Gasteiger partial charge in [-0.1, -0.05) is 17.0 Å². The summed E-state index contributed by atoms with van der Waals surface area (Å²) in [6, 6.07) is 0. The van der Waals surface area contributed by atoms with Crippen molar-refractivity contribution in [2.45, 2.75) is 31.8 Å². The molecule has 0 bridgehead atoms. The summed E-state index contributed by atoms with van der Waals surface area (Å²) in [4.78, 5) is 29.3. The zero-order chi connectivity index (χ0) is 19.8. The third kappa shape index (κ3) is 5.44. The summed E-state index contributed by atoms with van der Waals surface area (Å²) in [5.74, 6) is 5.18. The van der Waals surface area contributed by atoms with E-state index in [4.69, 9.17) is 20.7 Å². The number of nitrogen functional groups attached to an aromatic ring is 1. The molecule has 1 aliphatic rings. The van der Waals surface area contributed by atoms with Crippen molar-refractivity contribution in [2.24, 2.45) is 5.11 Å². The van der Waals surface area contributed by atoms with Crippen molar-refractivity contribution in [3.8, 4) is 11.8 Å². The summed E-state index contributed by atoms with van der Waals surface area (Å²) in [6.07, 6.45) is -0.377. The van der Waals surface area contributed by atoms with E-state index in [0.717, 1.165) is 0 Å². The number of amides is 1. The monoisotopic (exact) mass is 377 g/mol. The van der Waals surface area contributed by atoms with Gasteiger partial charge in [0.15, 0.2) is 0 Å². The summed E-state index contributed by atoms with van der Waals surface area (Å²) in [6.45, 7) is 0.934. The molecule has 1 aromatic heterocycles. The predicted molar refractivity (Wildman–Crippen MR) is 93.0 cm³/mol. The molecule has 1 fully saturated rings. The van der Waals surface area contributed by atoms with Crippen LogP contribution in [0.5, 0.6) is 0 Å². The van der Waals surface area contributed by atoms with Crippen LogP contribution in [0.25, 0.3) is 10.4 Å². The maximum atomic E-state index is 12.2. The number of ether oxygens (including phenoxy) is 2. The zero-order valence-corrected chi connectivity index (χ0v) is 14.5. The van der Waals surface area contributed by atoms with Crippen LogP contribution in [0.3, 0.4) is 0 Å². The zero-order valence-electron chi connectivity index (χ0n) is 14.5. The fourth-order valence-electron chi connectivity index (χ4n) is 2.46. The molecule has 0 saturated carbocycles. The van der Waals surface area contributed by atoms with Gasteiger partial charge in [0.05, 0.1) is 24.8 Å². The molecule has 12 nitrogen and oxygen atoms in total. The lowest BCUT2D eigenvalue weighted by Gasteiger charge is -2.15. The second kappa shape index (κ2) is 9.56. The van der Waals surface area contributed by atoms with Crippen LogP contribution < -0.4 is 16.7 Å². The number of anilines is 1. The van der Waals surface area contributed by atoms with Crippen LogP contribution >= 0.6 is 0 Å². The Balaban J connectivity index is 2.19. The Hall–Kier alpha value is -3.10. The highest BCUT2D eigenvalue weighted by molar-refractivity contribution is 5.73. The van der Waals surface area contributed by atoms with Crippen molar-refractivity contribution < 1.29 is 19.4 Å². The van der Waals surface area contributed by atoms with E-state index in [1.54, 1.807) is 0 Å². The number of aliphatic hydroxyl groups excluding tert-OH is 1. The molecule has 3 atom stereocenters. The van der Waals surface area contributed by atoms with Crippen molar-refractivity contribution >= 4 is 11.7 Å². The maximum Gasteiger partial charge on any atom is 0.351 e. The number of hydrogen-bond donors (Lipinski definition) is 3. The van der Waals surface area contributed by atoms with Gasteiger partial charge < -0.3 is 25.6 Å². The van der Waals surface area contributed by atoms with E-state index in [0.29, 0.717) is 5.56 Å². The highest BCUT2D eigenvalue weighted by atomic mass is 16.6. The van der Waals surface area contributed by atoms with Gasteiger partial charge in [0.25, 0.3) is 0 Å². The minimum Gasteiger partial charge on any atom is -0.394 e. The molecule has 1 aromatic rings. The van der Waals surface area contributed by atoms with Crippen LogP contribution in [0.1, 0.15) is 25.1 Å². The van der Waals surface area contributed by atoms with Gasteiger partial charge in [-0.15, -0.1) is 0 Å². The van der Waals surface area contributed by atoms with Gasteiger partial charge in [-0.3, -0.25) is 9.36 Å². The Kier molecular flexibility index (Phi) is 7.16. The Morgan fingerprint density at radius 1 is 1.70 bits per heavy atom. The summed E-state index contributed by atoms with van der Waals surface area (Å²) in [5.41, 5.74) is 13.7. The van der Waals surface area contributed by atoms with Gasteiger partial charge in [-0.05, 0) is 5.53 Å². The van der Waals surface area contributed by atoms with Gasteiger partial charge in [0.1, 0.15) is 24.9 Å². The van der Waals surface area contributed by atoms with E-state index in [2.05, 4.69) is 32.2 Å². The van der Waals surface area contributed by atoms with E-state index in [-0.39, 0.29) is 38.0 Å². The molecule has 4 N–H and O–H groups in total. The number of hydrogen-bond acceptors (Lipinski definition) is 8. The molecule has 12 heteroatoms. The quantitative estimate of drug-likeness (QED) is 0.252. The molecule has 27 heavy (non-hydrogen) atoms. The van der Waals surface area contributed by atoms with Crippen LogP contribution in [-0.2, 0) is 14.3 Å². The third-order valence-electron chi connectivity index (χ3n) is 3.71. The van der Waals surface area contributed by atoms with E-state index >= 15 is 0 Å². The first-order valence-corrected chi connectivity index (χ1v) is 7.97. The number of rotatable bonds is 6. The van der Waals surface area contributed by atoms with E-state index in [9.17, 15) is 14.7 Å². The summed E-state index contributed by atoms with van der Waals surface area (Å²) >= 11 is 0. The topological polar surface area (TPSA) is 177 Å². The van der Waals surface area contributed by atoms with Crippen molar-refractivity contribution in [2.75, 3.05) is 25.6 Å². The van der Waals surface area contributed by atoms with Gasteiger partial charge in [-0.2, -0.15) is 4.98 Å². The number of nitrogens with two attached hydrogens (primary N) is 1. The van der Waals surface area contributed by atoms with Crippen molar-refractivity contribution in [3.63, 3.8) is 0 Å². The first kappa shape index (κ1) is 20.2. The van der Waals surface area contributed by atoms with Crippen molar-refractivity contribution in [1.82, 2.24) is 14.9 Å². The highest BCUT2D eigenvalue weighted by Gasteiger charge is 2.37. The van der Waals surface area contributed by atoms with E-state index < -0.39 is 24.1 Å². The number of nitrogens with one attached hydrogen (secondary N) is 1. The third-order valence-corrected chi connectivity index (χ3v) is 3.71. The maximum absolute atomic E-state index is 12.2. The number of aromatic nitrogens is 2. The average molecular weight is 377 g/mol. The number of nitrogens with zero attached hydrogens (tertiary/aromatic N) is 5. The normalized spacial score (nSPS) is 21.0. The highest BCUT2D eigenvalue weighted by Crippen LogP contribution is 2.30. The minimum atomic E-state index is -0.755. The molecule has 1 amide bonds. The summed E-state index contributed by atoms with van der Waals surface area (Å²) < 4.78 is 12.2. The lowest BCUT2D eigenvalue weighted by atomic mass is 10.2. The predicted octanol–water partition coefficient (Wildman–Crippen LogP) is -0.754. The molecule has 0 aromatic carbocycles. The molecule has 0 aliphatic carbocycles. The Labute approximate surface area is 153 Å². The molecule has 0 spiro atoms. The first-order valence-electron chi connectivity index (χ1n) is 7.97. The van der Waals surface area contributed by atoms with Crippen LogP contribution in [-0.4, -0.2) is 52.7 Å². The first-order chi connectivity index (χ1) is 13.0. The average Bonchev–Trinajstić information content (AvgIpc) is 3.03. The van der Waals surface area contributed by atoms with Crippen molar-refractivity contribution in [1.29, 1.82) is 0 Å². The Morgan fingerprint density at radius 2 is 2.48 bits per heavy atom. The van der Waals surface area contributed by atoms with Crippen LogP contribution in [0.15, 0.2) is 16.1 Å². The van der Waals surface area contributed by atoms with E-state index in [1.165, 1.54) is 17.7 Å². The van der Waals surface area contributed by atoms with Gasteiger partial charge in [0.2, 0.25) is 5.91 Å². The van der Waals surface area contributed by atoms with Gasteiger partial charge in [-0.25, -0.2) is 4.79 Å². The van der Waals surface area contributed by atoms with Crippen LogP contribution in [0.4, 0.5) is 5.82 Å². The molecular weight excluding hydrogens is 358 g/mol. The number of aliphatic hydroxyl groups is 1.